The van der Waals surface area contributed by atoms with Crippen LogP contribution in [0, 0.1) is 11.8 Å². The molecule has 10 heteroatoms. The first-order chi connectivity index (χ1) is 20.2. The molecule has 0 radical (unpaired) electrons. The number of hydrogen-bond donors (Lipinski definition) is 4. The van der Waals surface area contributed by atoms with Gasteiger partial charge in [-0.3, -0.25) is 4.72 Å². The SMILES string of the molecule is C=S1CCC(Nc2cccc3c2cc(C#CCNc2ccc(S(=C)NCCO)cc2CC)n3CC(F)(F)F)CC1.CC. The first-order valence-corrected chi connectivity index (χ1v) is 17.5. The van der Waals surface area contributed by atoms with Crippen molar-refractivity contribution in [1.29, 1.82) is 0 Å². The van der Waals surface area contributed by atoms with Crippen LogP contribution in [0.25, 0.3) is 10.9 Å². The van der Waals surface area contributed by atoms with Crippen LogP contribution < -0.4 is 15.4 Å². The number of nitrogens with one attached hydrogen (secondary N) is 3. The lowest BCUT2D eigenvalue weighted by atomic mass is 10.1. The van der Waals surface area contributed by atoms with Crippen molar-refractivity contribution in [1.82, 2.24) is 9.29 Å². The van der Waals surface area contributed by atoms with Crippen molar-refractivity contribution in [2.75, 3.05) is 41.8 Å². The Bertz CT molecular complexity index is 1430. The van der Waals surface area contributed by atoms with E-state index < -0.39 is 23.4 Å². The van der Waals surface area contributed by atoms with Gasteiger partial charge in [-0.1, -0.05) is 55.2 Å². The molecule has 42 heavy (non-hydrogen) atoms. The van der Waals surface area contributed by atoms with Crippen LogP contribution in [0.5, 0.6) is 0 Å². The van der Waals surface area contributed by atoms with Gasteiger partial charge in [-0.2, -0.15) is 23.7 Å². The molecule has 2 aromatic carbocycles. The Balaban J connectivity index is 0.00000237. The number of aliphatic hydroxyl groups is 1. The third-order valence-corrected chi connectivity index (χ3v) is 9.87. The minimum absolute atomic E-state index is 0.0513. The molecule has 1 atom stereocenters. The standard InChI is InChI=1S/C30H37F3N4OS2.C2H6/c1-4-22-19-25(40(3)35-15-16-38)10-11-27(22)34-14-6-7-24-20-26-28(36-23-12-17-39(2)18-13-23)8-5-9-29(26)37(24)21-30(31,32)33;1-2/h5,8-11,19-20,23,34-36,38H,2-4,12-18,21H2,1H3;1-2H3. The molecular weight excluding hydrogens is 578 g/mol. The van der Waals surface area contributed by atoms with E-state index in [2.05, 4.69) is 51.9 Å². The number of aryl methyl sites for hydroxylation is 1. The molecule has 0 saturated carbocycles. The minimum atomic E-state index is -4.37. The maximum atomic E-state index is 13.6. The van der Waals surface area contributed by atoms with Crippen LogP contribution >= 0.6 is 21.2 Å². The summed E-state index contributed by atoms with van der Waals surface area (Å²) in [4.78, 5) is 1.04. The van der Waals surface area contributed by atoms with E-state index in [1.54, 1.807) is 18.2 Å². The van der Waals surface area contributed by atoms with Gasteiger partial charge < -0.3 is 20.3 Å². The van der Waals surface area contributed by atoms with Crippen LogP contribution in [0.1, 0.15) is 44.9 Å². The average molecular weight is 621 g/mol. The Hall–Kier alpha value is -2.71. The fraction of sp³-hybridized carbons (Fsp3) is 0.438. The lowest BCUT2D eigenvalue weighted by Crippen LogP contribution is -2.25. The molecule has 1 saturated heterocycles. The normalized spacial score (nSPS) is 17.5. The van der Waals surface area contributed by atoms with Crippen molar-refractivity contribution in [2.24, 2.45) is 0 Å². The van der Waals surface area contributed by atoms with E-state index in [9.17, 15) is 13.2 Å². The second kappa shape index (κ2) is 16.2. The predicted octanol–water partition coefficient (Wildman–Crippen LogP) is 7.09. The Morgan fingerprint density at radius 3 is 2.52 bits per heavy atom. The van der Waals surface area contributed by atoms with Crippen LogP contribution in [0.2, 0.25) is 0 Å². The molecular formula is C32H43F3N4OS2. The van der Waals surface area contributed by atoms with E-state index >= 15 is 0 Å². The summed E-state index contributed by atoms with van der Waals surface area (Å²) < 4.78 is 45.1. The number of halogens is 3. The first kappa shape index (κ1) is 33.8. The maximum Gasteiger partial charge on any atom is 0.406 e. The molecule has 3 aromatic rings. The molecule has 4 rings (SSSR count). The number of nitrogens with zero attached hydrogens (tertiary/aromatic N) is 1. The van der Waals surface area contributed by atoms with Crippen LogP contribution in [0.4, 0.5) is 24.5 Å². The molecule has 1 aliphatic rings. The van der Waals surface area contributed by atoms with Gasteiger partial charge in [0, 0.05) is 34.2 Å². The number of aliphatic hydroxyl groups excluding tert-OH is 1. The van der Waals surface area contributed by atoms with Gasteiger partial charge in [0.15, 0.2) is 0 Å². The summed E-state index contributed by atoms with van der Waals surface area (Å²) in [6.45, 7) is 5.79. The lowest BCUT2D eigenvalue weighted by Gasteiger charge is -2.26. The molecule has 4 N–H and O–H groups in total. The van der Waals surface area contributed by atoms with E-state index in [0.29, 0.717) is 30.3 Å². The highest BCUT2D eigenvalue weighted by Gasteiger charge is 2.30. The molecule has 0 spiro atoms. The summed E-state index contributed by atoms with van der Waals surface area (Å²) in [5.74, 6) is 16.5. The summed E-state index contributed by atoms with van der Waals surface area (Å²) >= 11 is 0. The van der Waals surface area contributed by atoms with Crippen molar-refractivity contribution in [3.05, 3.63) is 53.7 Å². The zero-order valence-corrected chi connectivity index (χ0v) is 26.4. The summed E-state index contributed by atoms with van der Waals surface area (Å²) in [5, 5.41) is 16.7. The van der Waals surface area contributed by atoms with Gasteiger partial charge in [0.2, 0.25) is 0 Å². The summed E-state index contributed by atoms with van der Waals surface area (Å²) in [6, 6.07) is 13.6. The fourth-order valence-corrected chi connectivity index (χ4v) is 7.27. The van der Waals surface area contributed by atoms with E-state index in [-0.39, 0.29) is 17.1 Å². The Morgan fingerprint density at radius 2 is 1.86 bits per heavy atom. The number of benzene rings is 2. The largest absolute Gasteiger partial charge is 0.406 e. The van der Waals surface area contributed by atoms with E-state index in [0.717, 1.165) is 58.0 Å². The smallest absolute Gasteiger partial charge is 0.395 e. The quantitative estimate of drug-likeness (QED) is 0.144. The monoisotopic (exact) mass is 620 g/mol. The molecule has 0 aliphatic carbocycles. The predicted molar refractivity (Wildman–Crippen MR) is 180 cm³/mol. The number of hydrogen-bond acceptors (Lipinski definition) is 4. The Labute approximate surface area is 253 Å². The molecule has 0 amide bonds. The highest BCUT2D eigenvalue weighted by Crippen LogP contribution is 2.32. The topological polar surface area (TPSA) is 61.2 Å². The number of fused-ring (bicyclic) bond motifs is 1. The van der Waals surface area contributed by atoms with Gasteiger partial charge in [-0.25, -0.2) is 0 Å². The van der Waals surface area contributed by atoms with Crippen molar-refractivity contribution in [3.63, 3.8) is 0 Å². The van der Waals surface area contributed by atoms with Crippen LogP contribution in [-0.4, -0.2) is 64.8 Å². The van der Waals surface area contributed by atoms with Gasteiger partial charge in [0.25, 0.3) is 0 Å². The van der Waals surface area contributed by atoms with Crippen LogP contribution in [0.3, 0.4) is 0 Å². The van der Waals surface area contributed by atoms with Crippen LogP contribution in [0.15, 0.2) is 47.4 Å². The number of alkyl halides is 3. The third kappa shape index (κ3) is 9.40. The third-order valence-electron chi connectivity index (χ3n) is 6.87. The summed E-state index contributed by atoms with van der Waals surface area (Å²) in [7, 11) is -0.219. The molecule has 5 nitrogen and oxygen atoms in total. The van der Waals surface area contributed by atoms with Crippen LogP contribution in [-0.2, 0) is 13.0 Å². The minimum Gasteiger partial charge on any atom is -0.395 e. The molecule has 0 bridgehead atoms. The lowest BCUT2D eigenvalue weighted by molar-refractivity contribution is -0.140. The first-order valence-electron chi connectivity index (χ1n) is 14.3. The van der Waals surface area contributed by atoms with Crippen molar-refractivity contribution in [3.8, 4) is 11.8 Å². The maximum absolute atomic E-state index is 13.6. The highest BCUT2D eigenvalue weighted by atomic mass is 32.2. The van der Waals surface area contributed by atoms with Gasteiger partial charge >= 0.3 is 6.18 Å². The fourth-order valence-electron chi connectivity index (χ4n) is 4.81. The number of rotatable bonds is 10. The zero-order valence-electron chi connectivity index (χ0n) is 24.7. The molecule has 2 heterocycles. The van der Waals surface area contributed by atoms with E-state index in [1.165, 1.54) is 4.57 Å². The van der Waals surface area contributed by atoms with Gasteiger partial charge in [0.05, 0.1) is 24.4 Å². The molecule has 1 aliphatic heterocycles. The molecule has 1 fully saturated rings. The Morgan fingerprint density at radius 1 is 1.12 bits per heavy atom. The number of anilines is 2. The summed E-state index contributed by atoms with van der Waals surface area (Å²) in [5.41, 5.74) is 3.74. The average Bonchev–Trinajstić information content (AvgIpc) is 3.32. The second-order valence-corrected chi connectivity index (χ2v) is 13.3. The number of aromatic nitrogens is 1. The van der Waals surface area contributed by atoms with Gasteiger partial charge in [-0.05, 0) is 78.7 Å². The highest BCUT2D eigenvalue weighted by molar-refractivity contribution is 8.14. The van der Waals surface area contributed by atoms with Crippen molar-refractivity contribution >= 4 is 55.2 Å². The molecule has 1 aromatic heterocycles. The van der Waals surface area contributed by atoms with E-state index in [1.807, 2.05) is 32.0 Å². The summed E-state index contributed by atoms with van der Waals surface area (Å²) in [6.07, 6.45) is -1.54. The van der Waals surface area contributed by atoms with Crippen molar-refractivity contribution in [2.45, 2.75) is 63.7 Å². The van der Waals surface area contributed by atoms with Gasteiger partial charge in [0.1, 0.15) is 6.54 Å². The van der Waals surface area contributed by atoms with E-state index in [4.69, 9.17) is 5.11 Å². The Kier molecular flexibility index (Phi) is 13.1. The zero-order chi connectivity index (χ0) is 30.7. The second-order valence-electron chi connectivity index (χ2n) is 9.75. The van der Waals surface area contributed by atoms with Gasteiger partial charge in [-0.15, -0.1) is 0 Å². The molecule has 1 unspecified atom stereocenters. The molecule has 230 valence electrons. The van der Waals surface area contributed by atoms with Crippen molar-refractivity contribution < 1.29 is 18.3 Å².